The van der Waals surface area contributed by atoms with Crippen LogP contribution in [0.3, 0.4) is 0 Å². The molecule has 0 radical (unpaired) electrons. The maximum absolute atomic E-state index is 12.0. The van der Waals surface area contributed by atoms with E-state index in [4.69, 9.17) is 11.6 Å². The fourth-order valence-corrected chi connectivity index (χ4v) is 2.82. The highest BCUT2D eigenvalue weighted by Gasteiger charge is 2.24. The number of benzene rings is 1. The number of hydrogen-bond acceptors (Lipinski definition) is 2. The summed E-state index contributed by atoms with van der Waals surface area (Å²) in [6, 6.07) is 6.95. The van der Waals surface area contributed by atoms with Gasteiger partial charge in [-0.15, -0.1) is 0 Å². The Hall–Kier alpha value is -1.61. The first-order valence-electron chi connectivity index (χ1n) is 6.66. The molecule has 0 aromatic heterocycles. The van der Waals surface area contributed by atoms with Crippen LogP contribution in [-0.4, -0.2) is 11.6 Å². The van der Waals surface area contributed by atoms with Crippen molar-refractivity contribution in [3.8, 4) is 0 Å². The molecule has 0 heterocycles. The van der Waals surface area contributed by atoms with Crippen molar-refractivity contribution < 1.29 is 4.79 Å². The summed E-state index contributed by atoms with van der Waals surface area (Å²) in [4.78, 5) is 12.0. The smallest absolute Gasteiger partial charge is 0.267 e. The zero-order valence-corrected chi connectivity index (χ0v) is 12.8. The van der Waals surface area contributed by atoms with E-state index in [0.29, 0.717) is 10.6 Å². The lowest BCUT2D eigenvalue weighted by atomic mass is 9.77. The molecule has 0 spiro atoms. The second kappa shape index (κ2) is 5.80. The Morgan fingerprint density at radius 2 is 2.00 bits per heavy atom. The summed E-state index contributed by atoms with van der Waals surface area (Å²) in [7, 11) is 0. The minimum Gasteiger partial charge on any atom is -0.267 e. The van der Waals surface area contributed by atoms with Gasteiger partial charge < -0.3 is 0 Å². The van der Waals surface area contributed by atoms with Crippen LogP contribution < -0.4 is 5.43 Å². The molecule has 106 valence electrons. The standard InChI is InChI=1S/C16H19ClN2O/c1-11-8-12(10-16(2,3)9-11)18-19-15(20)13-6-4-5-7-14(13)17/h4-8H,9-10H2,1-3H3,(H,19,20). The zero-order chi connectivity index (χ0) is 14.8. The van der Waals surface area contributed by atoms with Crippen LogP contribution in [0.4, 0.5) is 0 Å². The summed E-state index contributed by atoms with van der Waals surface area (Å²) >= 11 is 5.99. The molecule has 2 rings (SSSR count). The number of hydrogen-bond donors (Lipinski definition) is 1. The molecule has 0 saturated heterocycles. The van der Waals surface area contributed by atoms with Gasteiger partial charge in [-0.2, -0.15) is 5.10 Å². The SMILES string of the molecule is CC1=CC(=NNC(=O)c2ccccc2Cl)CC(C)(C)C1. The maximum Gasteiger partial charge on any atom is 0.272 e. The first kappa shape index (κ1) is 14.8. The van der Waals surface area contributed by atoms with Crippen molar-refractivity contribution in [2.24, 2.45) is 10.5 Å². The lowest BCUT2D eigenvalue weighted by molar-refractivity contribution is 0.0954. The van der Waals surface area contributed by atoms with Crippen LogP contribution in [0.5, 0.6) is 0 Å². The lowest BCUT2D eigenvalue weighted by Gasteiger charge is -2.29. The number of amides is 1. The lowest BCUT2D eigenvalue weighted by Crippen LogP contribution is -2.25. The Morgan fingerprint density at radius 3 is 2.65 bits per heavy atom. The fraction of sp³-hybridized carbons (Fsp3) is 0.375. The van der Waals surface area contributed by atoms with E-state index in [1.165, 1.54) is 5.57 Å². The molecule has 0 unspecified atom stereocenters. The van der Waals surface area contributed by atoms with Gasteiger partial charge in [0.25, 0.3) is 5.91 Å². The van der Waals surface area contributed by atoms with Crippen molar-refractivity contribution in [2.75, 3.05) is 0 Å². The fourth-order valence-electron chi connectivity index (χ4n) is 2.59. The third-order valence-electron chi connectivity index (χ3n) is 3.25. The van der Waals surface area contributed by atoms with E-state index in [2.05, 4.69) is 31.3 Å². The Balaban J connectivity index is 2.12. The third kappa shape index (κ3) is 3.70. The molecule has 3 nitrogen and oxygen atoms in total. The molecule has 1 aliphatic rings. The van der Waals surface area contributed by atoms with Crippen LogP contribution in [-0.2, 0) is 0 Å². The van der Waals surface area contributed by atoms with Crippen LogP contribution >= 0.6 is 11.6 Å². The minimum absolute atomic E-state index is 0.187. The highest BCUT2D eigenvalue weighted by atomic mass is 35.5. The van der Waals surface area contributed by atoms with Gasteiger partial charge in [0, 0.05) is 0 Å². The average Bonchev–Trinajstić information content (AvgIpc) is 2.34. The monoisotopic (exact) mass is 290 g/mol. The van der Waals surface area contributed by atoms with Gasteiger partial charge in [-0.25, -0.2) is 5.43 Å². The predicted molar refractivity (Wildman–Crippen MR) is 83.1 cm³/mol. The van der Waals surface area contributed by atoms with Crippen LogP contribution in [0, 0.1) is 5.41 Å². The van der Waals surface area contributed by atoms with Crippen LogP contribution in [0.1, 0.15) is 44.0 Å². The van der Waals surface area contributed by atoms with Gasteiger partial charge in [0.15, 0.2) is 0 Å². The van der Waals surface area contributed by atoms with Crippen molar-refractivity contribution in [1.29, 1.82) is 0 Å². The number of hydrazone groups is 1. The molecule has 0 aliphatic heterocycles. The van der Waals surface area contributed by atoms with E-state index in [9.17, 15) is 4.79 Å². The highest BCUT2D eigenvalue weighted by molar-refractivity contribution is 6.33. The van der Waals surface area contributed by atoms with Gasteiger partial charge in [0.1, 0.15) is 0 Å². The van der Waals surface area contributed by atoms with E-state index >= 15 is 0 Å². The highest BCUT2D eigenvalue weighted by Crippen LogP contribution is 2.33. The first-order chi connectivity index (χ1) is 9.37. The molecule has 0 bridgehead atoms. The van der Waals surface area contributed by atoms with Crippen LogP contribution in [0.2, 0.25) is 5.02 Å². The zero-order valence-electron chi connectivity index (χ0n) is 12.0. The molecule has 0 saturated carbocycles. The van der Waals surface area contributed by atoms with E-state index in [0.717, 1.165) is 18.6 Å². The van der Waals surface area contributed by atoms with E-state index in [-0.39, 0.29) is 11.3 Å². The summed E-state index contributed by atoms with van der Waals surface area (Å²) in [5.74, 6) is -0.280. The van der Waals surface area contributed by atoms with Crippen LogP contribution in [0.15, 0.2) is 41.0 Å². The predicted octanol–water partition coefficient (Wildman–Crippen LogP) is 4.19. The number of nitrogens with one attached hydrogen (secondary N) is 1. The van der Waals surface area contributed by atoms with Gasteiger partial charge in [-0.3, -0.25) is 4.79 Å². The largest absolute Gasteiger partial charge is 0.272 e. The van der Waals surface area contributed by atoms with E-state index < -0.39 is 0 Å². The van der Waals surface area contributed by atoms with Gasteiger partial charge in [-0.1, -0.05) is 43.2 Å². The van der Waals surface area contributed by atoms with Crippen molar-refractivity contribution >= 4 is 23.2 Å². The second-order valence-electron chi connectivity index (χ2n) is 6.03. The summed E-state index contributed by atoms with van der Waals surface area (Å²) in [5.41, 5.74) is 5.40. The van der Waals surface area contributed by atoms with Gasteiger partial charge in [0.2, 0.25) is 0 Å². The quantitative estimate of drug-likeness (QED) is 0.815. The van der Waals surface area contributed by atoms with Gasteiger partial charge in [-0.05, 0) is 43.4 Å². The van der Waals surface area contributed by atoms with E-state index in [1.54, 1.807) is 24.3 Å². The Bertz CT molecular complexity index is 588. The molecule has 0 fully saturated rings. The molecule has 4 heteroatoms. The normalized spacial score (nSPS) is 19.6. The molecule has 1 amide bonds. The summed E-state index contributed by atoms with van der Waals surface area (Å²) in [5, 5.41) is 4.66. The number of allylic oxidation sites excluding steroid dienone is 2. The molecule has 1 aromatic carbocycles. The number of carbonyl (C=O) groups excluding carboxylic acids is 1. The minimum atomic E-state index is -0.280. The summed E-state index contributed by atoms with van der Waals surface area (Å²) < 4.78 is 0. The Morgan fingerprint density at radius 1 is 1.30 bits per heavy atom. The number of nitrogens with zero attached hydrogens (tertiary/aromatic N) is 1. The van der Waals surface area contributed by atoms with Crippen LogP contribution in [0.25, 0.3) is 0 Å². The average molecular weight is 291 g/mol. The number of carbonyl (C=O) groups is 1. The number of rotatable bonds is 2. The van der Waals surface area contributed by atoms with Crippen molar-refractivity contribution in [1.82, 2.24) is 5.43 Å². The Labute approximate surface area is 124 Å². The van der Waals surface area contributed by atoms with Gasteiger partial charge >= 0.3 is 0 Å². The van der Waals surface area contributed by atoms with Crippen molar-refractivity contribution in [2.45, 2.75) is 33.6 Å². The molecular formula is C16H19ClN2O. The molecular weight excluding hydrogens is 272 g/mol. The molecule has 20 heavy (non-hydrogen) atoms. The topological polar surface area (TPSA) is 41.5 Å². The summed E-state index contributed by atoms with van der Waals surface area (Å²) in [6.07, 6.45) is 3.95. The Kier molecular flexibility index (Phi) is 4.29. The third-order valence-corrected chi connectivity index (χ3v) is 3.58. The maximum atomic E-state index is 12.0. The van der Waals surface area contributed by atoms with Crippen molar-refractivity contribution in [3.63, 3.8) is 0 Å². The summed E-state index contributed by atoms with van der Waals surface area (Å²) in [6.45, 7) is 6.50. The molecule has 1 aliphatic carbocycles. The molecule has 0 atom stereocenters. The van der Waals surface area contributed by atoms with Crippen molar-refractivity contribution in [3.05, 3.63) is 46.5 Å². The second-order valence-corrected chi connectivity index (χ2v) is 6.44. The molecule has 1 aromatic rings. The molecule has 1 N–H and O–H groups in total. The van der Waals surface area contributed by atoms with Gasteiger partial charge in [0.05, 0.1) is 16.3 Å². The first-order valence-corrected chi connectivity index (χ1v) is 7.04. The number of halogens is 1. The van der Waals surface area contributed by atoms with E-state index in [1.807, 2.05) is 6.08 Å².